The minimum Gasteiger partial charge on any atom is -0.395 e. The van der Waals surface area contributed by atoms with Crippen LogP contribution in [0.4, 0.5) is 16.3 Å². The number of anilines is 2. The van der Waals surface area contributed by atoms with Gasteiger partial charge in [0.1, 0.15) is 0 Å². The van der Waals surface area contributed by atoms with Gasteiger partial charge in [-0.2, -0.15) is 5.10 Å². The van der Waals surface area contributed by atoms with Crippen molar-refractivity contribution in [2.45, 2.75) is 0 Å². The summed E-state index contributed by atoms with van der Waals surface area (Å²) in [6.07, 6.45) is 1.49. The van der Waals surface area contributed by atoms with Gasteiger partial charge >= 0.3 is 6.03 Å². The Morgan fingerprint density at radius 2 is 2.44 bits per heavy atom. The second-order valence-electron chi connectivity index (χ2n) is 2.98. The third kappa shape index (κ3) is 2.39. The third-order valence-corrected chi connectivity index (χ3v) is 1.91. The minimum atomic E-state index is -0.671. The van der Waals surface area contributed by atoms with Crippen LogP contribution in [0.2, 0.25) is 0 Å². The number of nitrogens with one attached hydrogen (secondary N) is 2. The molecule has 0 atom stereocenters. The van der Waals surface area contributed by atoms with Crippen LogP contribution >= 0.6 is 0 Å². The molecule has 0 aromatic carbocycles. The van der Waals surface area contributed by atoms with E-state index >= 15 is 0 Å². The maximum atomic E-state index is 11.2. The largest absolute Gasteiger partial charge is 0.395 e. The second-order valence-corrected chi connectivity index (χ2v) is 2.98. The molecule has 1 rings (SSSR count). The number of rotatable bonds is 4. The van der Waals surface area contributed by atoms with Gasteiger partial charge in [0.15, 0.2) is 5.82 Å². The topological polar surface area (TPSA) is 134 Å². The van der Waals surface area contributed by atoms with Crippen molar-refractivity contribution in [2.24, 2.45) is 18.7 Å². The van der Waals surface area contributed by atoms with Crippen LogP contribution in [0, 0.1) is 0 Å². The summed E-state index contributed by atoms with van der Waals surface area (Å²) in [5.74, 6) is 10.9. The molecule has 0 radical (unpaired) electrons. The number of aliphatic hydroxyl groups is 1. The molecule has 0 aliphatic rings. The number of aryl methyl sites for hydroxylation is 1. The lowest BCUT2D eigenvalue weighted by molar-refractivity contribution is 0.246. The van der Waals surface area contributed by atoms with E-state index in [2.05, 4.69) is 10.4 Å². The Bertz CT molecular complexity index is 364. The molecule has 0 fully saturated rings. The number of hydrazine groups is 2. The summed E-state index contributed by atoms with van der Waals surface area (Å²) in [5, 5.41) is 16.3. The Labute approximate surface area is 91.9 Å². The number of amides is 2. The average molecular weight is 229 g/mol. The Kier molecular flexibility index (Phi) is 4.05. The van der Waals surface area contributed by atoms with Gasteiger partial charge in [-0.15, -0.1) is 0 Å². The molecule has 0 aliphatic heterocycles. The lowest BCUT2D eigenvalue weighted by Gasteiger charge is -2.17. The fourth-order valence-corrected chi connectivity index (χ4v) is 1.20. The number of aliphatic hydroxyl groups excluding tert-OH is 1. The summed E-state index contributed by atoms with van der Waals surface area (Å²) in [6, 6.07) is -0.671. The van der Waals surface area contributed by atoms with Crippen molar-refractivity contribution in [2.75, 3.05) is 23.5 Å². The molecule has 0 spiro atoms. The van der Waals surface area contributed by atoms with Crippen LogP contribution < -0.4 is 27.4 Å². The van der Waals surface area contributed by atoms with Crippen LogP contribution in [0.15, 0.2) is 6.20 Å². The lowest BCUT2D eigenvalue weighted by Crippen LogP contribution is -2.48. The van der Waals surface area contributed by atoms with Gasteiger partial charge in [0, 0.05) is 13.6 Å². The minimum absolute atomic E-state index is 0.0397. The number of urea groups is 1. The van der Waals surface area contributed by atoms with Crippen LogP contribution in [0.1, 0.15) is 0 Å². The quantitative estimate of drug-likeness (QED) is 0.232. The van der Waals surface area contributed by atoms with Gasteiger partial charge in [-0.25, -0.2) is 26.2 Å². The fourth-order valence-electron chi connectivity index (χ4n) is 1.20. The van der Waals surface area contributed by atoms with Gasteiger partial charge in [0.25, 0.3) is 0 Å². The smallest absolute Gasteiger partial charge is 0.351 e. The van der Waals surface area contributed by atoms with Gasteiger partial charge in [-0.05, 0) is 0 Å². The molecule has 7 N–H and O–H groups in total. The average Bonchev–Trinajstić information content (AvgIpc) is 2.65. The fraction of sp³-hybridized carbons (Fsp3) is 0.429. The second kappa shape index (κ2) is 5.30. The van der Waals surface area contributed by atoms with E-state index in [0.29, 0.717) is 18.1 Å². The number of carbonyl (C=O) groups excluding carboxylic acids is 1. The first kappa shape index (κ1) is 12.2. The van der Waals surface area contributed by atoms with Gasteiger partial charge in [0.2, 0.25) is 0 Å². The first-order chi connectivity index (χ1) is 7.61. The third-order valence-electron chi connectivity index (χ3n) is 1.91. The summed E-state index contributed by atoms with van der Waals surface area (Å²) in [7, 11) is 1.63. The number of hydrogen-bond acceptors (Lipinski definition) is 6. The molecule has 0 unspecified atom stereocenters. The number of nitrogens with zero attached hydrogens (tertiary/aromatic N) is 3. The standard InChI is InChI=1S/C7H15N7O2/c1-13-6(14(9)7(16)12-8)5(4-11-13)10-2-3-15/h4,10,15H,2-3,8-9H2,1H3,(H,12,16). The van der Waals surface area contributed by atoms with Crippen molar-refractivity contribution in [1.29, 1.82) is 0 Å². The van der Waals surface area contributed by atoms with Gasteiger partial charge < -0.3 is 10.4 Å². The van der Waals surface area contributed by atoms with E-state index < -0.39 is 6.03 Å². The molecular formula is C7H15N7O2. The van der Waals surface area contributed by atoms with E-state index in [0.717, 1.165) is 5.01 Å². The maximum absolute atomic E-state index is 11.2. The summed E-state index contributed by atoms with van der Waals surface area (Å²) in [6.45, 7) is 0.290. The Balaban J connectivity index is 2.92. The first-order valence-electron chi connectivity index (χ1n) is 4.54. The lowest BCUT2D eigenvalue weighted by atomic mass is 10.4. The molecule has 0 aliphatic carbocycles. The van der Waals surface area contributed by atoms with Crippen molar-refractivity contribution in [3.63, 3.8) is 0 Å². The van der Waals surface area contributed by atoms with Crippen LogP contribution in [-0.4, -0.2) is 34.1 Å². The number of nitrogens with two attached hydrogens (primary N) is 2. The Morgan fingerprint density at radius 1 is 1.75 bits per heavy atom. The molecule has 9 nitrogen and oxygen atoms in total. The number of hydrogen-bond donors (Lipinski definition) is 5. The molecule has 1 heterocycles. The first-order valence-corrected chi connectivity index (χ1v) is 4.54. The van der Waals surface area contributed by atoms with Gasteiger partial charge in [0.05, 0.1) is 18.5 Å². The van der Waals surface area contributed by atoms with Crippen LogP contribution in [-0.2, 0) is 7.05 Å². The Morgan fingerprint density at radius 3 is 3.00 bits per heavy atom. The van der Waals surface area contributed by atoms with Crippen molar-refractivity contribution < 1.29 is 9.90 Å². The van der Waals surface area contributed by atoms with E-state index in [4.69, 9.17) is 16.8 Å². The van der Waals surface area contributed by atoms with Crippen LogP contribution in [0.3, 0.4) is 0 Å². The summed E-state index contributed by atoms with van der Waals surface area (Å²) >= 11 is 0. The van der Waals surface area contributed by atoms with Crippen molar-refractivity contribution in [3.8, 4) is 0 Å². The normalized spacial score (nSPS) is 10.0. The predicted molar refractivity (Wildman–Crippen MR) is 58.2 cm³/mol. The molecule has 2 amide bonds. The molecule has 0 bridgehead atoms. The molecular weight excluding hydrogens is 214 g/mol. The SMILES string of the molecule is Cn1ncc(NCCO)c1N(N)C(=O)NN. The van der Waals surface area contributed by atoms with Crippen molar-refractivity contribution in [1.82, 2.24) is 15.2 Å². The highest BCUT2D eigenvalue weighted by atomic mass is 16.3. The monoisotopic (exact) mass is 229 g/mol. The zero-order valence-corrected chi connectivity index (χ0v) is 8.84. The highest BCUT2D eigenvalue weighted by Gasteiger charge is 2.18. The van der Waals surface area contributed by atoms with Gasteiger partial charge in [-0.3, -0.25) is 5.43 Å². The highest BCUT2D eigenvalue weighted by Crippen LogP contribution is 2.22. The number of aromatic nitrogens is 2. The van der Waals surface area contributed by atoms with Crippen LogP contribution in [0.25, 0.3) is 0 Å². The Hall–Kier alpha value is -1.84. The van der Waals surface area contributed by atoms with Crippen molar-refractivity contribution >= 4 is 17.5 Å². The molecule has 90 valence electrons. The van der Waals surface area contributed by atoms with E-state index in [9.17, 15) is 4.79 Å². The summed E-state index contributed by atoms with van der Waals surface area (Å²) in [4.78, 5) is 11.2. The maximum Gasteiger partial charge on any atom is 0.351 e. The highest BCUT2D eigenvalue weighted by molar-refractivity contribution is 5.92. The zero-order chi connectivity index (χ0) is 12.1. The predicted octanol–water partition coefficient (Wildman–Crippen LogP) is -1.91. The van der Waals surface area contributed by atoms with Gasteiger partial charge in [-0.1, -0.05) is 0 Å². The zero-order valence-electron chi connectivity index (χ0n) is 8.84. The molecule has 9 heteroatoms. The van der Waals surface area contributed by atoms with Crippen LogP contribution in [0.5, 0.6) is 0 Å². The molecule has 1 aromatic rings. The molecule has 0 saturated carbocycles. The van der Waals surface area contributed by atoms with E-state index in [-0.39, 0.29) is 6.61 Å². The summed E-state index contributed by atoms with van der Waals surface area (Å²) in [5.41, 5.74) is 2.44. The molecule has 0 saturated heterocycles. The van der Waals surface area contributed by atoms with E-state index in [1.165, 1.54) is 10.9 Å². The number of carbonyl (C=O) groups is 1. The van der Waals surface area contributed by atoms with E-state index in [1.54, 1.807) is 7.05 Å². The molecule has 1 aromatic heterocycles. The molecule has 16 heavy (non-hydrogen) atoms. The summed E-state index contributed by atoms with van der Waals surface area (Å²) < 4.78 is 1.41. The van der Waals surface area contributed by atoms with Crippen molar-refractivity contribution in [3.05, 3.63) is 6.20 Å². The van der Waals surface area contributed by atoms with E-state index in [1.807, 2.05) is 5.43 Å².